The molecule has 0 saturated heterocycles. The van der Waals surface area contributed by atoms with Crippen molar-refractivity contribution in [1.82, 2.24) is 0 Å². The van der Waals surface area contributed by atoms with Crippen molar-refractivity contribution in [2.75, 3.05) is 0 Å². The summed E-state index contributed by atoms with van der Waals surface area (Å²) in [4.78, 5) is 8.99. The molecule has 0 saturated carbocycles. The summed E-state index contributed by atoms with van der Waals surface area (Å²) in [5, 5.41) is 18.2. The maximum atomic E-state index is 9.12. The summed E-state index contributed by atoms with van der Waals surface area (Å²) >= 11 is 0. The van der Waals surface area contributed by atoms with Gasteiger partial charge in [-0.3, -0.25) is 4.79 Å². The van der Waals surface area contributed by atoms with E-state index in [1.54, 1.807) is 0 Å². The van der Waals surface area contributed by atoms with Crippen LogP contribution in [0.15, 0.2) is 0 Å². The molecule has 0 radical (unpaired) electrons. The standard InChI is InChI=1S/CHBO4.Ni/c3-1-6-2(4)5;/h1H;/q-2;+2. The topological polar surface area (TPSA) is 72.4 Å². The molecular formula is CHBNiO4. The molecule has 0 N–H and O–H groups in total. The predicted molar refractivity (Wildman–Crippen MR) is 12.9 cm³/mol. The summed E-state index contributed by atoms with van der Waals surface area (Å²) in [6.07, 6.45) is 0. The Morgan fingerprint density at radius 3 is 2.00 bits per heavy atom. The molecule has 7 heavy (non-hydrogen) atoms. The van der Waals surface area contributed by atoms with Crippen LogP contribution in [0.5, 0.6) is 0 Å². The third kappa shape index (κ3) is 10.7. The van der Waals surface area contributed by atoms with Gasteiger partial charge in [0.05, 0.1) is 0 Å². The van der Waals surface area contributed by atoms with Gasteiger partial charge in [0.2, 0.25) is 0 Å². The van der Waals surface area contributed by atoms with Crippen molar-refractivity contribution in [2.45, 2.75) is 0 Å². The first-order valence-corrected chi connectivity index (χ1v) is 1.18. The summed E-state index contributed by atoms with van der Waals surface area (Å²) in [5.74, 6) is 0. The number of carbonyl (C=O) groups is 1. The quantitative estimate of drug-likeness (QED) is 0.305. The normalized spacial score (nSPS) is 6.00. The van der Waals surface area contributed by atoms with Gasteiger partial charge in [-0.1, -0.05) is 0 Å². The molecule has 0 aliphatic rings. The Bertz CT molecular complexity index is 47.0. The molecule has 0 fully saturated rings. The zero-order valence-corrected chi connectivity index (χ0v) is 4.09. The first-order chi connectivity index (χ1) is 2.77. The van der Waals surface area contributed by atoms with Crippen molar-refractivity contribution in [3.8, 4) is 0 Å². The van der Waals surface area contributed by atoms with Crippen LogP contribution in [0.3, 0.4) is 0 Å². The Balaban J connectivity index is 0. The average Bonchev–Trinajstić information content (AvgIpc) is 1.35. The second kappa shape index (κ2) is 5.95. The van der Waals surface area contributed by atoms with E-state index in [1.165, 1.54) is 0 Å². The molecule has 0 aliphatic heterocycles. The first kappa shape index (κ1) is 10.0. The van der Waals surface area contributed by atoms with Gasteiger partial charge in [0.25, 0.3) is 6.47 Å². The van der Waals surface area contributed by atoms with Crippen molar-refractivity contribution in [1.29, 1.82) is 0 Å². The minimum absolute atomic E-state index is 0. The van der Waals surface area contributed by atoms with E-state index >= 15 is 0 Å². The van der Waals surface area contributed by atoms with Crippen molar-refractivity contribution in [2.24, 2.45) is 0 Å². The molecule has 0 aromatic carbocycles. The fraction of sp³-hybridized carbons (Fsp3) is 0. The molecule has 0 bridgehead atoms. The molecule has 0 unspecified atom stereocenters. The van der Waals surface area contributed by atoms with Gasteiger partial charge in [-0.15, -0.1) is 0 Å². The van der Waals surface area contributed by atoms with E-state index in [2.05, 4.69) is 4.65 Å². The van der Waals surface area contributed by atoms with Crippen molar-refractivity contribution in [3.05, 3.63) is 0 Å². The van der Waals surface area contributed by atoms with Crippen molar-refractivity contribution >= 4 is 13.8 Å². The van der Waals surface area contributed by atoms with E-state index < -0.39 is 7.32 Å². The Labute approximate surface area is 50.6 Å². The summed E-state index contributed by atoms with van der Waals surface area (Å²) in [6, 6.07) is 0. The summed E-state index contributed by atoms with van der Waals surface area (Å²) < 4.78 is 3.25. The van der Waals surface area contributed by atoms with Gasteiger partial charge in [-0.05, 0) is 0 Å². The first-order valence-electron chi connectivity index (χ1n) is 1.18. The minimum Gasteiger partial charge on any atom is -0.860 e. The smallest absolute Gasteiger partial charge is 0.860 e. The zero-order valence-electron chi connectivity index (χ0n) is 3.10. The Kier molecular flexibility index (Phi) is 8.53. The van der Waals surface area contributed by atoms with E-state index in [-0.39, 0.29) is 23.0 Å². The Morgan fingerprint density at radius 1 is 1.57 bits per heavy atom. The molecule has 0 aliphatic carbocycles. The van der Waals surface area contributed by atoms with Crippen LogP contribution in [-0.4, -0.2) is 13.8 Å². The molecule has 0 amide bonds. The van der Waals surface area contributed by atoms with Gasteiger partial charge in [0, 0.05) is 0 Å². The molecule has 4 nitrogen and oxygen atoms in total. The second-order valence-electron chi connectivity index (χ2n) is 0.521. The molecule has 6 heteroatoms. The van der Waals surface area contributed by atoms with Gasteiger partial charge in [0.15, 0.2) is 0 Å². The average molecular weight is 147 g/mol. The summed E-state index contributed by atoms with van der Waals surface area (Å²) in [6.45, 7) is -0.176. The fourth-order valence-electron chi connectivity index (χ4n) is 0.0454. The molecular weight excluding hydrogens is 146 g/mol. The van der Waals surface area contributed by atoms with Crippen LogP contribution in [0.25, 0.3) is 0 Å². The number of carbonyl (C=O) groups excluding carboxylic acids is 1. The summed E-state index contributed by atoms with van der Waals surface area (Å²) in [7, 11) is -2.47. The minimum atomic E-state index is -2.47. The second-order valence-corrected chi connectivity index (χ2v) is 0.521. The summed E-state index contributed by atoms with van der Waals surface area (Å²) in [5.41, 5.74) is 0. The molecule has 0 rings (SSSR count). The van der Waals surface area contributed by atoms with Crippen molar-refractivity contribution < 1.29 is 36.0 Å². The van der Waals surface area contributed by atoms with Crippen LogP contribution in [0.4, 0.5) is 0 Å². The maximum Gasteiger partial charge on any atom is 2.00 e. The van der Waals surface area contributed by atoms with Gasteiger partial charge >= 0.3 is 16.5 Å². The van der Waals surface area contributed by atoms with E-state index in [0.717, 1.165) is 0 Å². The third-order valence-corrected chi connectivity index (χ3v) is 0.167. The molecule has 0 aromatic rings. The molecule has 0 atom stereocenters. The van der Waals surface area contributed by atoms with Gasteiger partial charge < -0.3 is 14.7 Å². The van der Waals surface area contributed by atoms with Crippen LogP contribution in [-0.2, 0) is 25.9 Å². The SMILES string of the molecule is O=COB([O-])[O-].[Ni+2]. The van der Waals surface area contributed by atoms with Crippen molar-refractivity contribution in [3.63, 3.8) is 0 Å². The largest absolute Gasteiger partial charge is 2.00 e. The van der Waals surface area contributed by atoms with Crippen LogP contribution in [0, 0.1) is 0 Å². The third-order valence-electron chi connectivity index (χ3n) is 0.167. The number of hydrogen-bond donors (Lipinski definition) is 0. The number of hydrogen-bond acceptors (Lipinski definition) is 4. The maximum absolute atomic E-state index is 9.12. The van der Waals surface area contributed by atoms with Gasteiger partial charge in [-0.25, -0.2) is 0 Å². The number of rotatable bonds is 2. The fourth-order valence-corrected chi connectivity index (χ4v) is 0.0454. The molecule has 0 spiro atoms. The Hall–Kier alpha value is -0.0516. The van der Waals surface area contributed by atoms with E-state index in [4.69, 9.17) is 14.8 Å². The molecule has 42 valence electrons. The van der Waals surface area contributed by atoms with E-state index in [0.29, 0.717) is 0 Å². The Morgan fingerprint density at radius 2 is 2.00 bits per heavy atom. The van der Waals surface area contributed by atoms with Gasteiger partial charge in [-0.2, -0.15) is 0 Å². The van der Waals surface area contributed by atoms with Crippen LogP contribution >= 0.6 is 0 Å². The molecule has 0 aromatic heterocycles. The van der Waals surface area contributed by atoms with E-state index in [9.17, 15) is 0 Å². The van der Waals surface area contributed by atoms with Crippen LogP contribution < -0.4 is 10.0 Å². The molecule has 0 heterocycles. The van der Waals surface area contributed by atoms with E-state index in [1.807, 2.05) is 0 Å². The monoisotopic (exact) mass is 146 g/mol. The van der Waals surface area contributed by atoms with Gasteiger partial charge in [0.1, 0.15) is 7.32 Å². The van der Waals surface area contributed by atoms with Crippen LogP contribution in [0.2, 0.25) is 0 Å². The zero-order chi connectivity index (χ0) is 4.99. The predicted octanol–water partition coefficient (Wildman–Crippen LogP) is -3.14. The van der Waals surface area contributed by atoms with Crippen LogP contribution in [0.1, 0.15) is 0 Å².